The van der Waals surface area contributed by atoms with Crippen LogP contribution in [-0.4, -0.2) is 58.3 Å². The second kappa shape index (κ2) is 7.05. The number of nitrogens with one attached hydrogen (secondary N) is 1. The predicted octanol–water partition coefficient (Wildman–Crippen LogP) is 0.778. The summed E-state index contributed by atoms with van der Waals surface area (Å²) in [5.74, 6) is -0.355. The molecule has 9 heteroatoms. The first-order valence-corrected chi connectivity index (χ1v) is 11.7. The summed E-state index contributed by atoms with van der Waals surface area (Å²) in [4.78, 5) is 14.3. The lowest BCUT2D eigenvalue weighted by molar-refractivity contribution is 0.0724. The SMILES string of the molecule is O=C(c1cccc(S(=O)(=O)NC2CCS(=O)(=O)C2)c1)N1CCCCC1. The summed E-state index contributed by atoms with van der Waals surface area (Å²) >= 11 is 0. The molecule has 1 N–H and O–H groups in total. The van der Waals surface area contributed by atoms with Gasteiger partial charge in [-0.1, -0.05) is 6.07 Å². The zero-order valence-corrected chi connectivity index (χ0v) is 15.5. The molecule has 1 aromatic carbocycles. The summed E-state index contributed by atoms with van der Waals surface area (Å²) in [6.45, 7) is 1.38. The number of likely N-dealkylation sites (tertiary alicyclic amines) is 1. The van der Waals surface area contributed by atoms with Gasteiger partial charge in [0.15, 0.2) is 9.84 Å². The molecule has 1 aromatic rings. The van der Waals surface area contributed by atoms with E-state index in [1.807, 2.05) is 0 Å². The van der Waals surface area contributed by atoms with E-state index in [4.69, 9.17) is 0 Å². The molecule has 0 spiro atoms. The van der Waals surface area contributed by atoms with Crippen LogP contribution in [0.3, 0.4) is 0 Å². The maximum absolute atomic E-state index is 12.5. The fourth-order valence-corrected chi connectivity index (χ4v) is 6.35. The lowest BCUT2D eigenvalue weighted by Gasteiger charge is -2.26. The van der Waals surface area contributed by atoms with Gasteiger partial charge in [-0.2, -0.15) is 0 Å². The van der Waals surface area contributed by atoms with E-state index >= 15 is 0 Å². The number of nitrogens with zero attached hydrogens (tertiary/aromatic N) is 1. The highest BCUT2D eigenvalue weighted by molar-refractivity contribution is 7.92. The van der Waals surface area contributed by atoms with E-state index in [-0.39, 0.29) is 28.7 Å². The quantitative estimate of drug-likeness (QED) is 0.824. The number of benzene rings is 1. The standard InChI is InChI=1S/C16H22N2O5S2/c19-16(18-8-2-1-3-9-18)13-5-4-6-15(11-13)25(22,23)17-14-7-10-24(20,21)12-14/h4-6,11,14,17H,1-3,7-10,12H2. The van der Waals surface area contributed by atoms with E-state index in [2.05, 4.69) is 4.72 Å². The van der Waals surface area contributed by atoms with Crippen LogP contribution < -0.4 is 4.72 Å². The first-order chi connectivity index (χ1) is 11.8. The summed E-state index contributed by atoms with van der Waals surface area (Å²) in [5.41, 5.74) is 0.337. The number of sulfone groups is 1. The molecule has 1 amide bonds. The van der Waals surface area contributed by atoms with Gasteiger partial charge in [0.1, 0.15) is 0 Å². The number of sulfonamides is 1. The zero-order chi connectivity index (χ0) is 18.1. The van der Waals surface area contributed by atoms with Crippen LogP contribution in [-0.2, 0) is 19.9 Å². The van der Waals surface area contributed by atoms with Gasteiger partial charge in [0.05, 0.1) is 16.4 Å². The largest absolute Gasteiger partial charge is 0.339 e. The third-order valence-corrected chi connectivity index (χ3v) is 7.87. The molecule has 0 bridgehead atoms. The highest BCUT2D eigenvalue weighted by Crippen LogP contribution is 2.19. The van der Waals surface area contributed by atoms with Crippen molar-refractivity contribution in [3.05, 3.63) is 29.8 Å². The van der Waals surface area contributed by atoms with Gasteiger partial charge < -0.3 is 4.90 Å². The summed E-state index contributed by atoms with van der Waals surface area (Å²) < 4.78 is 50.5. The Morgan fingerprint density at radius 2 is 1.88 bits per heavy atom. The zero-order valence-electron chi connectivity index (χ0n) is 13.8. The average Bonchev–Trinajstić information content (AvgIpc) is 2.93. The Hall–Kier alpha value is -1.45. The van der Waals surface area contributed by atoms with Gasteiger partial charge in [-0.05, 0) is 43.9 Å². The van der Waals surface area contributed by atoms with Crippen molar-refractivity contribution < 1.29 is 21.6 Å². The van der Waals surface area contributed by atoms with Crippen LogP contribution in [0.25, 0.3) is 0 Å². The topological polar surface area (TPSA) is 101 Å². The Balaban J connectivity index is 1.77. The maximum atomic E-state index is 12.5. The minimum absolute atomic E-state index is 0.00628. The lowest BCUT2D eigenvalue weighted by atomic mass is 10.1. The third kappa shape index (κ3) is 4.39. The molecule has 2 aliphatic rings. The summed E-state index contributed by atoms with van der Waals surface area (Å²) in [5, 5.41) is 0. The van der Waals surface area contributed by atoms with E-state index in [1.54, 1.807) is 11.0 Å². The second-order valence-corrected chi connectivity index (χ2v) is 10.5. The van der Waals surface area contributed by atoms with E-state index in [9.17, 15) is 21.6 Å². The predicted molar refractivity (Wildman–Crippen MR) is 93.6 cm³/mol. The van der Waals surface area contributed by atoms with E-state index < -0.39 is 25.9 Å². The molecule has 0 aliphatic carbocycles. The normalized spacial score (nSPS) is 23.5. The Bertz CT molecular complexity index is 858. The fraction of sp³-hybridized carbons (Fsp3) is 0.562. The number of hydrogen-bond acceptors (Lipinski definition) is 5. The molecular formula is C16H22N2O5S2. The van der Waals surface area contributed by atoms with Crippen LogP contribution in [0.1, 0.15) is 36.0 Å². The number of piperidine rings is 1. The second-order valence-electron chi connectivity index (χ2n) is 6.60. The number of rotatable bonds is 4. The number of carbonyl (C=O) groups is 1. The molecule has 2 heterocycles. The minimum Gasteiger partial charge on any atom is -0.339 e. The van der Waals surface area contributed by atoms with E-state index in [1.165, 1.54) is 18.2 Å². The molecule has 3 rings (SSSR count). The molecule has 2 aliphatic heterocycles. The molecule has 25 heavy (non-hydrogen) atoms. The summed E-state index contributed by atoms with van der Waals surface area (Å²) in [7, 11) is -7.04. The van der Waals surface area contributed by atoms with Crippen molar-refractivity contribution in [1.29, 1.82) is 0 Å². The van der Waals surface area contributed by atoms with E-state index in [0.29, 0.717) is 18.7 Å². The Kier molecular flexibility index (Phi) is 5.17. The van der Waals surface area contributed by atoms with Crippen molar-refractivity contribution in [2.45, 2.75) is 36.6 Å². The third-order valence-electron chi connectivity index (χ3n) is 4.59. The van der Waals surface area contributed by atoms with Crippen molar-refractivity contribution in [3.8, 4) is 0 Å². The molecular weight excluding hydrogens is 364 g/mol. The molecule has 0 radical (unpaired) electrons. The molecule has 1 atom stereocenters. The number of carbonyl (C=O) groups excluding carboxylic acids is 1. The van der Waals surface area contributed by atoms with Gasteiger partial charge in [-0.15, -0.1) is 0 Å². The van der Waals surface area contributed by atoms with Crippen LogP contribution in [0.15, 0.2) is 29.2 Å². The van der Waals surface area contributed by atoms with Crippen molar-refractivity contribution in [2.75, 3.05) is 24.6 Å². The van der Waals surface area contributed by atoms with Crippen molar-refractivity contribution in [2.24, 2.45) is 0 Å². The molecule has 1 unspecified atom stereocenters. The Labute approximate surface area is 148 Å². The van der Waals surface area contributed by atoms with Crippen LogP contribution in [0.2, 0.25) is 0 Å². The molecule has 2 saturated heterocycles. The van der Waals surface area contributed by atoms with Gasteiger partial charge in [-0.25, -0.2) is 21.6 Å². The molecule has 7 nitrogen and oxygen atoms in total. The maximum Gasteiger partial charge on any atom is 0.253 e. The van der Waals surface area contributed by atoms with Gasteiger partial charge in [0, 0.05) is 24.7 Å². The first kappa shape index (κ1) is 18.3. The molecule has 138 valence electrons. The van der Waals surface area contributed by atoms with Crippen molar-refractivity contribution in [1.82, 2.24) is 9.62 Å². The summed E-state index contributed by atoms with van der Waals surface area (Å²) in [6, 6.07) is 5.31. The van der Waals surface area contributed by atoms with Crippen molar-refractivity contribution in [3.63, 3.8) is 0 Å². The van der Waals surface area contributed by atoms with E-state index in [0.717, 1.165) is 19.3 Å². The molecule has 2 fully saturated rings. The van der Waals surface area contributed by atoms with Crippen molar-refractivity contribution >= 4 is 25.8 Å². The minimum atomic E-state index is -3.87. The highest BCUT2D eigenvalue weighted by Gasteiger charge is 2.31. The Morgan fingerprint density at radius 1 is 1.16 bits per heavy atom. The van der Waals surface area contributed by atoms with Crippen LogP contribution in [0.4, 0.5) is 0 Å². The van der Waals surface area contributed by atoms with Crippen LogP contribution in [0, 0.1) is 0 Å². The molecule has 0 aromatic heterocycles. The average molecular weight is 386 g/mol. The van der Waals surface area contributed by atoms with Crippen LogP contribution in [0.5, 0.6) is 0 Å². The number of amides is 1. The van der Waals surface area contributed by atoms with Gasteiger partial charge >= 0.3 is 0 Å². The summed E-state index contributed by atoms with van der Waals surface area (Å²) in [6.07, 6.45) is 3.29. The monoisotopic (exact) mass is 386 g/mol. The fourth-order valence-electron chi connectivity index (χ4n) is 3.25. The van der Waals surface area contributed by atoms with Gasteiger partial charge in [0.2, 0.25) is 10.0 Å². The Morgan fingerprint density at radius 3 is 2.52 bits per heavy atom. The molecule has 0 saturated carbocycles. The number of hydrogen-bond donors (Lipinski definition) is 1. The smallest absolute Gasteiger partial charge is 0.253 e. The van der Waals surface area contributed by atoms with Gasteiger partial charge in [0.25, 0.3) is 5.91 Å². The van der Waals surface area contributed by atoms with Crippen LogP contribution >= 0.6 is 0 Å². The highest BCUT2D eigenvalue weighted by atomic mass is 32.2. The first-order valence-electron chi connectivity index (χ1n) is 8.39. The van der Waals surface area contributed by atoms with Gasteiger partial charge in [-0.3, -0.25) is 4.79 Å². The lowest BCUT2D eigenvalue weighted by Crippen LogP contribution is -2.36.